The summed E-state index contributed by atoms with van der Waals surface area (Å²) in [6.07, 6.45) is 4.47. The first-order valence-corrected chi connectivity index (χ1v) is 7.82. The first-order chi connectivity index (χ1) is 10.0. The molecule has 0 aliphatic heterocycles. The zero-order chi connectivity index (χ0) is 15.3. The van der Waals surface area contributed by atoms with Gasteiger partial charge in [0.05, 0.1) is 0 Å². The first kappa shape index (κ1) is 16.1. The van der Waals surface area contributed by atoms with Crippen molar-refractivity contribution < 1.29 is 4.74 Å². The molecule has 2 aromatic rings. The van der Waals surface area contributed by atoms with E-state index in [0.717, 1.165) is 32.5 Å². The average Bonchev–Trinajstić information content (AvgIpc) is 2.84. The number of nitrogens with one attached hydrogen (secondary N) is 1. The predicted octanol–water partition coefficient (Wildman–Crippen LogP) is 3.96. The summed E-state index contributed by atoms with van der Waals surface area (Å²) in [5.74, 6) is 0. The Balaban J connectivity index is 2.09. The van der Waals surface area contributed by atoms with Gasteiger partial charge in [0.2, 0.25) is 0 Å². The fraction of sp³-hybridized carbons (Fsp3) is 0.556. The minimum absolute atomic E-state index is 0.144. The van der Waals surface area contributed by atoms with Crippen LogP contribution < -0.4 is 5.32 Å². The highest BCUT2D eigenvalue weighted by molar-refractivity contribution is 5.83. The van der Waals surface area contributed by atoms with E-state index in [9.17, 15) is 0 Å². The standard InChI is InChI=1S/C18H28N2O/c1-18(2,3)19-14-15-8-7-9-17-16(15)10-12-20(17)11-5-6-13-21-4/h7-10,12,19H,5-6,11,13-14H2,1-4H3. The fourth-order valence-electron chi connectivity index (χ4n) is 2.53. The number of aryl methyl sites for hydroxylation is 1. The molecule has 1 aromatic heterocycles. The summed E-state index contributed by atoms with van der Waals surface area (Å²) in [7, 11) is 1.76. The summed E-state index contributed by atoms with van der Waals surface area (Å²) in [5.41, 5.74) is 2.85. The van der Waals surface area contributed by atoms with Gasteiger partial charge >= 0.3 is 0 Å². The summed E-state index contributed by atoms with van der Waals surface area (Å²) in [6.45, 7) is 9.42. The van der Waals surface area contributed by atoms with Crippen molar-refractivity contribution in [1.29, 1.82) is 0 Å². The van der Waals surface area contributed by atoms with Crippen LogP contribution in [0.1, 0.15) is 39.2 Å². The maximum Gasteiger partial charge on any atom is 0.0483 e. The van der Waals surface area contributed by atoms with Gasteiger partial charge in [-0.05, 0) is 51.3 Å². The Bertz CT molecular complexity index is 566. The topological polar surface area (TPSA) is 26.2 Å². The van der Waals surface area contributed by atoms with Gasteiger partial charge in [-0.25, -0.2) is 0 Å². The Morgan fingerprint density at radius 3 is 2.67 bits per heavy atom. The maximum absolute atomic E-state index is 5.11. The van der Waals surface area contributed by atoms with Crippen molar-refractivity contribution in [3.63, 3.8) is 0 Å². The van der Waals surface area contributed by atoms with Gasteiger partial charge in [0, 0.05) is 49.4 Å². The van der Waals surface area contributed by atoms with Crippen LogP contribution >= 0.6 is 0 Å². The minimum Gasteiger partial charge on any atom is -0.385 e. The van der Waals surface area contributed by atoms with E-state index in [1.807, 2.05) is 0 Å². The number of unbranched alkanes of at least 4 members (excludes halogenated alkanes) is 1. The number of hydrogen-bond acceptors (Lipinski definition) is 2. The summed E-state index contributed by atoms with van der Waals surface area (Å²) in [6, 6.07) is 8.83. The quantitative estimate of drug-likeness (QED) is 0.781. The molecule has 21 heavy (non-hydrogen) atoms. The molecule has 0 bridgehead atoms. The van der Waals surface area contributed by atoms with Crippen LogP contribution in [0, 0.1) is 0 Å². The average molecular weight is 288 g/mol. The van der Waals surface area contributed by atoms with Crippen LogP contribution in [-0.2, 0) is 17.8 Å². The Kier molecular flexibility index (Phi) is 5.43. The molecule has 1 N–H and O–H groups in total. The van der Waals surface area contributed by atoms with Crippen LogP contribution in [0.2, 0.25) is 0 Å². The van der Waals surface area contributed by atoms with Crippen LogP contribution in [0.15, 0.2) is 30.5 Å². The monoisotopic (exact) mass is 288 g/mol. The maximum atomic E-state index is 5.11. The smallest absolute Gasteiger partial charge is 0.0483 e. The van der Waals surface area contributed by atoms with E-state index in [0.29, 0.717) is 0 Å². The van der Waals surface area contributed by atoms with Crippen LogP contribution in [0.3, 0.4) is 0 Å². The Morgan fingerprint density at radius 1 is 1.14 bits per heavy atom. The number of benzene rings is 1. The normalized spacial score (nSPS) is 12.2. The summed E-state index contributed by atoms with van der Waals surface area (Å²) < 4.78 is 7.47. The fourth-order valence-corrected chi connectivity index (χ4v) is 2.53. The molecule has 1 aromatic carbocycles. The van der Waals surface area contributed by atoms with Crippen molar-refractivity contribution in [2.45, 2.75) is 52.2 Å². The van der Waals surface area contributed by atoms with Crippen molar-refractivity contribution in [3.8, 4) is 0 Å². The summed E-state index contributed by atoms with van der Waals surface area (Å²) in [4.78, 5) is 0. The molecule has 0 radical (unpaired) electrons. The number of hydrogen-bond donors (Lipinski definition) is 1. The Morgan fingerprint density at radius 2 is 1.95 bits per heavy atom. The number of rotatable bonds is 7. The van der Waals surface area contributed by atoms with Crippen LogP contribution in [0.25, 0.3) is 10.9 Å². The van der Waals surface area contributed by atoms with Crippen molar-refractivity contribution in [1.82, 2.24) is 9.88 Å². The van der Waals surface area contributed by atoms with Gasteiger partial charge in [-0.15, -0.1) is 0 Å². The molecule has 0 saturated carbocycles. The number of nitrogens with zero attached hydrogens (tertiary/aromatic N) is 1. The third kappa shape index (κ3) is 4.58. The van der Waals surface area contributed by atoms with Gasteiger partial charge in [0.15, 0.2) is 0 Å². The van der Waals surface area contributed by atoms with Gasteiger partial charge in [0.25, 0.3) is 0 Å². The largest absolute Gasteiger partial charge is 0.385 e. The van der Waals surface area contributed by atoms with Crippen molar-refractivity contribution in [2.24, 2.45) is 0 Å². The molecule has 0 unspecified atom stereocenters. The van der Waals surface area contributed by atoms with E-state index in [2.05, 4.69) is 61.1 Å². The van der Waals surface area contributed by atoms with E-state index in [1.165, 1.54) is 16.5 Å². The lowest BCUT2D eigenvalue weighted by molar-refractivity contribution is 0.191. The van der Waals surface area contributed by atoms with E-state index in [4.69, 9.17) is 4.74 Å². The summed E-state index contributed by atoms with van der Waals surface area (Å²) in [5, 5.41) is 4.94. The first-order valence-electron chi connectivity index (χ1n) is 7.82. The molecular formula is C18H28N2O. The molecule has 0 saturated heterocycles. The molecule has 3 heteroatoms. The third-order valence-electron chi connectivity index (χ3n) is 3.71. The van der Waals surface area contributed by atoms with Gasteiger partial charge in [-0.1, -0.05) is 12.1 Å². The molecule has 0 atom stereocenters. The number of aromatic nitrogens is 1. The molecule has 2 rings (SSSR count). The van der Waals surface area contributed by atoms with Gasteiger partial charge in [-0.2, -0.15) is 0 Å². The van der Waals surface area contributed by atoms with Gasteiger partial charge < -0.3 is 14.6 Å². The second kappa shape index (κ2) is 7.10. The van der Waals surface area contributed by atoms with Crippen molar-refractivity contribution in [2.75, 3.05) is 13.7 Å². The number of fused-ring (bicyclic) bond motifs is 1. The molecule has 0 aliphatic rings. The van der Waals surface area contributed by atoms with Gasteiger partial charge in [-0.3, -0.25) is 0 Å². The molecule has 0 spiro atoms. The van der Waals surface area contributed by atoms with Crippen LogP contribution in [-0.4, -0.2) is 23.8 Å². The van der Waals surface area contributed by atoms with E-state index >= 15 is 0 Å². The molecule has 1 heterocycles. The van der Waals surface area contributed by atoms with Crippen LogP contribution in [0.4, 0.5) is 0 Å². The van der Waals surface area contributed by atoms with E-state index in [-0.39, 0.29) is 5.54 Å². The zero-order valence-corrected chi connectivity index (χ0v) is 13.8. The highest BCUT2D eigenvalue weighted by Gasteiger charge is 2.11. The van der Waals surface area contributed by atoms with Crippen molar-refractivity contribution >= 4 is 10.9 Å². The minimum atomic E-state index is 0.144. The number of methoxy groups -OCH3 is 1. The Hall–Kier alpha value is -1.32. The molecule has 0 fully saturated rings. The van der Waals surface area contributed by atoms with Crippen molar-refractivity contribution in [3.05, 3.63) is 36.0 Å². The molecule has 0 amide bonds. The lowest BCUT2D eigenvalue weighted by atomic mass is 10.1. The second-order valence-corrected chi connectivity index (χ2v) is 6.66. The molecular weight excluding hydrogens is 260 g/mol. The lowest BCUT2D eigenvalue weighted by Gasteiger charge is -2.21. The second-order valence-electron chi connectivity index (χ2n) is 6.66. The SMILES string of the molecule is COCCCCn1ccc2c(CNC(C)(C)C)cccc21. The van der Waals surface area contributed by atoms with E-state index in [1.54, 1.807) is 7.11 Å². The molecule has 0 aliphatic carbocycles. The predicted molar refractivity (Wildman–Crippen MR) is 89.6 cm³/mol. The van der Waals surface area contributed by atoms with Crippen LogP contribution in [0.5, 0.6) is 0 Å². The Labute approximate surface area is 128 Å². The molecule has 3 nitrogen and oxygen atoms in total. The highest BCUT2D eigenvalue weighted by Crippen LogP contribution is 2.21. The number of ether oxygens (including phenoxy) is 1. The van der Waals surface area contributed by atoms with Gasteiger partial charge in [0.1, 0.15) is 0 Å². The third-order valence-corrected chi connectivity index (χ3v) is 3.71. The lowest BCUT2D eigenvalue weighted by Crippen LogP contribution is -2.35. The summed E-state index contributed by atoms with van der Waals surface area (Å²) >= 11 is 0. The highest BCUT2D eigenvalue weighted by atomic mass is 16.5. The zero-order valence-electron chi connectivity index (χ0n) is 13.8. The van der Waals surface area contributed by atoms with E-state index < -0.39 is 0 Å². The molecule has 116 valence electrons.